The molecular weight excluding hydrogens is 279 g/mol. The topological polar surface area (TPSA) is 9.23 Å². The Labute approximate surface area is 104 Å². The molecule has 0 spiro atoms. The van der Waals surface area contributed by atoms with E-state index in [0.717, 1.165) is 0 Å². The summed E-state index contributed by atoms with van der Waals surface area (Å²) in [6.45, 7) is 13.6. The first-order valence-corrected chi connectivity index (χ1v) is 5.84. The van der Waals surface area contributed by atoms with Crippen LogP contribution in [0.5, 0.6) is 0 Å². The molecule has 0 aromatic heterocycles. The van der Waals surface area contributed by atoms with Crippen LogP contribution >= 0.6 is 0 Å². The number of hydrogen-bond donors (Lipinski definition) is 0. The second-order valence-corrected chi connectivity index (χ2v) is 5.95. The van der Waals surface area contributed by atoms with Crippen molar-refractivity contribution in [1.82, 2.24) is 0 Å². The fourth-order valence-electron chi connectivity index (χ4n) is 0.587. The average molecular weight is 294 g/mol. The molecule has 0 aromatic rings. The Bertz CT molecular complexity index is 107. The van der Waals surface area contributed by atoms with Gasteiger partial charge in [0, 0.05) is 6.10 Å². The first-order chi connectivity index (χ1) is 3.98. The molecule has 0 radical (unpaired) electrons. The Kier molecular flexibility index (Phi) is 13.3. The maximum atomic E-state index is 5.50. The summed E-state index contributed by atoms with van der Waals surface area (Å²) < 4.78 is 5.50. The molecule has 1 nitrogen and oxygen atoms in total. The van der Waals surface area contributed by atoms with E-state index in [4.69, 9.17) is 4.43 Å². The number of hydrogen-bond acceptors (Lipinski definition) is 1. The van der Waals surface area contributed by atoms with Gasteiger partial charge in [-0.25, -0.2) is 0 Å². The normalized spacial score (nSPS) is 14.3. The van der Waals surface area contributed by atoms with E-state index in [-0.39, 0.29) is 53.1 Å². The molecule has 0 rings (SSSR count). The molecule has 0 aliphatic heterocycles. The van der Waals surface area contributed by atoms with Gasteiger partial charge in [0.1, 0.15) is 0 Å². The summed E-state index contributed by atoms with van der Waals surface area (Å²) in [4.78, 5) is 0. The van der Waals surface area contributed by atoms with E-state index in [1.165, 1.54) is 0 Å². The molecule has 0 bridgehead atoms. The summed E-state index contributed by atoms with van der Waals surface area (Å²) in [5.41, 5.74) is 1.84. The van der Waals surface area contributed by atoms with Crippen LogP contribution in [0.1, 0.15) is 13.8 Å². The fraction of sp³-hybridized carbons (Fsp3) is 0.571. The summed E-state index contributed by atoms with van der Waals surface area (Å²) in [5, 5.41) is 0. The van der Waals surface area contributed by atoms with E-state index in [9.17, 15) is 0 Å². The third-order valence-electron chi connectivity index (χ3n) is 0.937. The Morgan fingerprint density at radius 3 is 2.00 bits per heavy atom. The van der Waals surface area contributed by atoms with Crippen molar-refractivity contribution in [3.8, 4) is 0 Å². The molecule has 0 N–H and O–H groups in total. The molecule has 62 valence electrons. The van der Waals surface area contributed by atoms with Crippen molar-refractivity contribution in [2.24, 2.45) is 0 Å². The summed E-state index contributed by atoms with van der Waals surface area (Å²) in [6, 6.07) is 0. The largest absolute Gasteiger partial charge is 2.00 e. The third kappa shape index (κ3) is 11.4. The zero-order valence-electron chi connectivity index (χ0n) is 7.56. The van der Waals surface area contributed by atoms with Gasteiger partial charge in [-0.1, -0.05) is 6.55 Å². The minimum atomic E-state index is -1.73. The van der Waals surface area contributed by atoms with Gasteiger partial charge in [-0.05, 0) is 13.8 Å². The standard InChI is InChI=1S/C7H15OSi.HI.Mg/c1-6-9(4,5)8-7(2)3;;/h6-7H,1,4H2,2-3,5H3;1H;/q-1;;+2/p-1. The monoisotopic (exact) mass is 294 g/mol. The maximum absolute atomic E-state index is 5.50. The van der Waals surface area contributed by atoms with E-state index in [1.807, 2.05) is 26.1 Å². The zero-order chi connectivity index (χ0) is 7.49. The predicted octanol–water partition coefficient (Wildman–Crippen LogP) is -1.29. The van der Waals surface area contributed by atoms with Gasteiger partial charge < -0.3 is 34.9 Å². The Balaban J connectivity index is -0.000000320. The SMILES string of the molecule is C=C[Si]([CH2-])(C)OC(C)C.[I-].[Mg+2]. The van der Waals surface area contributed by atoms with E-state index >= 15 is 0 Å². The molecule has 11 heavy (non-hydrogen) atoms. The van der Waals surface area contributed by atoms with Crippen LogP contribution in [0.15, 0.2) is 12.3 Å². The summed E-state index contributed by atoms with van der Waals surface area (Å²) >= 11 is 0. The van der Waals surface area contributed by atoms with Crippen molar-refractivity contribution in [3.63, 3.8) is 0 Å². The third-order valence-corrected chi connectivity index (χ3v) is 2.81. The van der Waals surface area contributed by atoms with Crippen LogP contribution in [-0.2, 0) is 4.43 Å². The van der Waals surface area contributed by atoms with Crippen LogP contribution in [0.3, 0.4) is 0 Å². The van der Waals surface area contributed by atoms with Gasteiger partial charge >= 0.3 is 23.1 Å². The minimum Gasteiger partial charge on any atom is -1.00 e. The van der Waals surface area contributed by atoms with Crippen LogP contribution in [0.2, 0.25) is 6.55 Å². The van der Waals surface area contributed by atoms with Crippen molar-refractivity contribution in [2.45, 2.75) is 26.5 Å². The molecule has 1 unspecified atom stereocenters. The molecule has 1 atom stereocenters. The Morgan fingerprint density at radius 2 is 1.91 bits per heavy atom. The summed E-state index contributed by atoms with van der Waals surface area (Å²) in [6.07, 6.45) is 0.275. The molecule has 0 fully saturated rings. The molecule has 0 aliphatic rings. The van der Waals surface area contributed by atoms with E-state index < -0.39 is 8.32 Å². The van der Waals surface area contributed by atoms with Crippen molar-refractivity contribution in [2.75, 3.05) is 0 Å². The molecule has 0 aliphatic carbocycles. The summed E-state index contributed by atoms with van der Waals surface area (Å²) in [7, 11) is -1.73. The quantitative estimate of drug-likeness (QED) is 0.357. The van der Waals surface area contributed by atoms with E-state index in [2.05, 4.69) is 13.1 Å². The Morgan fingerprint density at radius 1 is 1.55 bits per heavy atom. The molecule has 0 saturated heterocycles. The minimum absolute atomic E-state index is 0. The van der Waals surface area contributed by atoms with Crippen molar-refractivity contribution in [1.29, 1.82) is 0 Å². The molecule has 0 saturated carbocycles. The molecule has 0 heterocycles. The van der Waals surface area contributed by atoms with Gasteiger partial charge in [-0.15, -0.1) is 12.3 Å². The molecule has 0 aromatic carbocycles. The van der Waals surface area contributed by atoms with Crippen LogP contribution in [0.4, 0.5) is 0 Å². The van der Waals surface area contributed by atoms with Crippen LogP contribution < -0.4 is 24.0 Å². The van der Waals surface area contributed by atoms with Gasteiger partial charge in [0.2, 0.25) is 0 Å². The van der Waals surface area contributed by atoms with Crippen molar-refractivity contribution < 1.29 is 28.4 Å². The zero-order valence-corrected chi connectivity index (χ0v) is 12.1. The molecular formula is C7H15IMgOSi. The first-order valence-electron chi connectivity index (χ1n) is 3.15. The maximum Gasteiger partial charge on any atom is 2.00 e. The van der Waals surface area contributed by atoms with Gasteiger partial charge in [0.15, 0.2) is 0 Å². The number of halogens is 1. The average Bonchev–Trinajstić information content (AvgIpc) is 1.63. The van der Waals surface area contributed by atoms with E-state index in [0.29, 0.717) is 0 Å². The fourth-order valence-corrected chi connectivity index (χ4v) is 1.76. The van der Waals surface area contributed by atoms with Gasteiger partial charge in [-0.2, -0.15) is 0 Å². The molecule has 0 amide bonds. The van der Waals surface area contributed by atoms with Gasteiger partial charge in [-0.3, -0.25) is 0 Å². The van der Waals surface area contributed by atoms with Crippen molar-refractivity contribution in [3.05, 3.63) is 18.8 Å². The first kappa shape index (κ1) is 18.2. The van der Waals surface area contributed by atoms with Gasteiger partial charge in [0.05, 0.1) is 8.32 Å². The molecule has 4 heteroatoms. The predicted molar refractivity (Wildman–Crippen MR) is 49.1 cm³/mol. The van der Waals surface area contributed by atoms with Crippen molar-refractivity contribution >= 4 is 31.4 Å². The van der Waals surface area contributed by atoms with Gasteiger partial charge in [0.25, 0.3) is 0 Å². The second-order valence-electron chi connectivity index (χ2n) is 2.68. The Hall–Kier alpha value is 1.41. The second kappa shape index (κ2) is 8.03. The van der Waals surface area contributed by atoms with Crippen LogP contribution in [-0.4, -0.2) is 37.5 Å². The smallest absolute Gasteiger partial charge is 1.00 e. The van der Waals surface area contributed by atoms with Crippen LogP contribution in [0.25, 0.3) is 0 Å². The summed E-state index contributed by atoms with van der Waals surface area (Å²) in [5.74, 6) is 0. The number of rotatable bonds is 3. The van der Waals surface area contributed by atoms with E-state index in [1.54, 1.807) is 0 Å². The van der Waals surface area contributed by atoms with Crippen LogP contribution in [0, 0.1) is 6.55 Å².